The van der Waals surface area contributed by atoms with E-state index in [0.29, 0.717) is 17.9 Å². The summed E-state index contributed by atoms with van der Waals surface area (Å²) in [5, 5.41) is 4.52. The maximum absolute atomic E-state index is 6.43. The number of hydrogen-bond acceptors (Lipinski definition) is 6. The molecule has 7 heteroatoms. The van der Waals surface area contributed by atoms with Gasteiger partial charge in [-0.3, -0.25) is 4.90 Å². The van der Waals surface area contributed by atoms with Crippen LogP contribution < -0.4 is 11.1 Å². The van der Waals surface area contributed by atoms with Crippen LogP contribution in [-0.2, 0) is 13.1 Å². The van der Waals surface area contributed by atoms with Gasteiger partial charge in [0.25, 0.3) is 0 Å². The lowest BCUT2D eigenvalue weighted by atomic mass is 9.89. The molecule has 3 N–H and O–H groups in total. The highest BCUT2D eigenvalue weighted by molar-refractivity contribution is 6.00. The summed E-state index contributed by atoms with van der Waals surface area (Å²) >= 11 is 0. The van der Waals surface area contributed by atoms with E-state index in [0.717, 1.165) is 35.2 Å². The van der Waals surface area contributed by atoms with Crippen molar-refractivity contribution in [2.75, 3.05) is 39.0 Å². The number of hydrogen-bond donors (Lipinski definition) is 2. The van der Waals surface area contributed by atoms with Gasteiger partial charge in [-0.15, -0.1) is 0 Å². The minimum absolute atomic E-state index is 0.450. The van der Waals surface area contributed by atoms with Crippen molar-refractivity contribution in [2.45, 2.75) is 50.9 Å². The van der Waals surface area contributed by atoms with E-state index >= 15 is 0 Å². The number of piperazine rings is 1. The third kappa shape index (κ3) is 5.32. The molecule has 1 saturated carbocycles. The Hall–Kier alpha value is -3.26. The molecule has 7 nitrogen and oxygen atoms in total. The van der Waals surface area contributed by atoms with Gasteiger partial charge in [0.05, 0.1) is 5.39 Å². The number of likely N-dealkylation sites (N-methyl/N-ethyl adjacent to an activating group) is 1. The molecule has 1 saturated heterocycles. The summed E-state index contributed by atoms with van der Waals surface area (Å²) in [6.07, 6.45) is 8.73. The summed E-state index contributed by atoms with van der Waals surface area (Å²) in [6, 6.07) is 20.5. The maximum Gasteiger partial charge on any atom is 0.146 e. The topological polar surface area (TPSA) is 75.2 Å². The van der Waals surface area contributed by atoms with Gasteiger partial charge in [-0.25, -0.2) is 9.97 Å². The number of nitrogens with one attached hydrogen (secondary N) is 1. The highest BCUT2D eigenvalue weighted by Gasteiger charge is 2.29. The average molecular weight is 510 g/mol. The number of nitrogen functional groups attached to an aromatic ring is 1. The summed E-state index contributed by atoms with van der Waals surface area (Å²) in [5.41, 5.74) is 12.2. The van der Waals surface area contributed by atoms with Crippen molar-refractivity contribution in [1.29, 1.82) is 0 Å². The largest absolute Gasteiger partial charge is 0.383 e. The summed E-state index contributed by atoms with van der Waals surface area (Å²) in [4.78, 5) is 14.2. The second-order valence-electron chi connectivity index (χ2n) is 11.0. The highest BCUT2D eigenvalue weighted by Crippen LogP contribution is 2.39. The van der Waals surface area contributed by atoms with Crippen molar-refractivity contribution in [1.82, 2.24) is 29.7 Å². The molecule has 0 amide bonds. The lowest BCUT2D eigenvalue weighted by Gasteiger charge is -2.41. The summed E-state index contributed by atoms with van der Waals surface area (Å²) in [7, 11) is 2.23. The number of aromatic nitrogens is 3. The van der Waals surface area contributed by atoms with Crippen LogP contribution in [0.15, 0.2) is 67.1 Å². The third-order valence-electron chi connectivity index (χ3n) is 8.52. The van der Waals surface area contributed by atoms with Crippen LogP contribution in [-0.4, -0.2) is 63.6 Å². The molecule has 1 aliphatic heterocycles. The van der Waals surface area contributed by atoms with Crippen LogP contribution >= 0.6 is 0 Å². The third-order valence-corrected chi connectivity index (χ3v) is 8.52. The molecule has 2 fully saturated rings. The fourth-order valence-electron chi connectivity index (χ4n) is 6.24. The van der Waals surface area contributed by atoms with E-state index in [1.165, 1.54) is 63.0 Å². The van der Waals surface area contributed by atoms with Crippen LogP contribution in [0.5, 0.6) is 0 Å². The van der Waals surface area contributed by atoms with Crippen molar-refractivity contribution in [2.24, 2.45) is 0 Å². The van der Waals surface area contributed by atoms with E-state index in [9.17, 15) is 0 Å². The quantitative estimate of drug-likeness (QED) is 0.376. The Bertz CT molecular complexity index is 1330. The minimum atomic E-state index is 0.450. The van der Waals surface area contributed by atoms with E-state index in [-0.39, 0.29) is 0 Å². The number of nitrogens with two attached hydrogens (primary N) is 1. The van der Waals surface area contributed by atoms with Crippen molar-refractivity contribution >= 4 is 16.9 Å². The molecule has 198 valence electrons. The molecule has 2 aromatic carbocycles. The zero-order chi connectivity index (χ0) is 25.9. The normalized spacial score (nSPS) is 21.2. The van der Waals surface area contributed by atoms with Gasteiger partial charge in [-0.1, -0.05) is 54.6 Å². The van der Waals surface area contributed by atoms with Gasteiger partial charge in [0, 0.05) is 63.1 Å². The van der Waals surface area contributed by atoms with Crippen LogP contribution in [0.25, 0.3) is 22.2 Å². The number of fused-ring (bicyclic) bond motifs is 1. The van der Waals surface area contributed by atoms with Crippen LogP contribution in [0, 0.1) is 0 Å². The van der Waals surface area contributed by atoms with Crippen LogP contribution in [0.3, 0.4) is 0 Å². The molecule has 0 atom stereocenters. The van der Waals surface area contributed by atoms with Gasteiger partial charge in [-0.05, 0) is 49.4 Å². The minimum Gasteiger partial charge on any atom is -0.383 e. The Kier molecular flexibility index (Phi) is 7.40. The first-order valence-electron chi connectivity index (χ1n) is 14.0. The van der Waals surface area contributed by atoms with Gasteiger partial charge in [0.2, 0.25) is 0 Å². The van der Waals surface area contributed by atoms with Crippen molar-refractivity contribution in [3.63, 3.8) is 0 Å². The smallest absolute Gasteiger partial charge is 0.146 e. The molecule has 0 unspecified atom stereocenters. The second kappa shape index (κ2) is 11.2. The summed E-state index contributed by atoms with van der Waals surface area (Å²) in [6.45, 7) is 6.46. The van der Waals surface area contributed by atoms with Crippen LogP contribution in [0.2, 0.25) is 0 Å². The van der Waals surface area contributed by atoms with Gasteiger partial charge >= 0.3 is 0 Å². The first-order valence-corrected chi connectivity index (χ1v) is 14.0. The second-order valence-corrected chi connectivity index (χ2v) is 11.0. The first-order chi connectivity index (χ1) is 18.7. The van der Waals surface area contributed by atoms with Gasteiger partial charge in [-0.2, -0.15) is 0 Å². The van der Waals surface area contributed by atoms with E-state index in [1.54, 1.807) is 6.33 Å². The van der Waals surface area contributed by atoms with Crippen molar-refractivity contribution in [3.05, 3.63) is 78.2 Å². The standard InChI is InChI=1S/C31H39N7/c1-36-15-17-37(18-16-36)26-11-13-27(14-12-26)38-21-28(29-30(32)34-22-35-31(29)38)25-9-7-24(8-10-25)20-33-19-23-5-3-2-4-6-23/h2-10,21-22,26-27,33H,11-20H2,1H3,(H2,32,34,35)/t26-,27+. The molecule has 4 aromatic rings. The number of benzene rings is 2. The highest BCUT2D eigenvalue weighted by atomic mass is 15.3. The SMILES string of the molecule is CN1CCN([C@H]2CC[C@@H](n3cc(-c4ccc(CNCc5ccccc5)cc4)c4c(N)ncnc43)CC2)CC1. The van der Waals surface area contributed by atoms with E-state index in [1.807, 2.05) is 0 Å². The first kappa shape index (κ1) is 25.0. The fourth-order valence-corrected chi connectivity index (χ4v) is 6.24. The van der Waals surface area contributed by atoms with Gasteiger partial charge in [0.1, 0.15) is 17.8 Å². The molecule has 0 bridgehead atoms. The molecule has 6 rings (SSSR count). The maximum atomic E-state index is 6.43. The van der Waals surface area contributed by atoms with Crippen LogP contribution in [0.1, 0.15) is 42.9 Å². The van der Waals surface area contributed by atoms with E-state index in [4.69, 9.17) is 10.7 Å². The molecule has 38 heavy (non-hydrogen) atoms. The monoisotopic (exact) mass is 509 g/mol. The molecule has 2 aliphatic rings. The molecule has 0 spiro atoms. The molecular weight excluding hydrogens is 470 g/mol. The Morgan fingerprint density at radius 3 is 2.18 bits per heavy atom. The Morgan fingerprint density at radius 1 is 0.816 bits per heavy atom. The molecule has 3 heterocycles. The lowest BCUT2D eigenvalue weighted by Crippen LogP contribution is -2.49. The predicted molar refractivity (Wildman–Crippen MR) is 155 cm³/mol. The number of nitrogens with zero attached hydrogens (tertiary/aromatic N) is 5. The summed E-state index contributed by atoms with van der Waals surface area (Å²) < 4.78 is 2.39. The molecule has 2 aromatic heterocycles. The Morgan fingerprint density at radius 2 is 1.47 bits per heavy atom. The van der Waals surface area contributed by atoms with Crippen molar-refractivity contribution < 1.29 is 0 Å². The predicted octanol–water partition coefficient (Wildman–Crippen LogP) is 4.70. The fraction of sp³-hybridized carbons (Fsp3) is 0.419. The Balaban J connectivity index is 1.17. The van der Waals surface area contributed by atoms with E-state index < -0.39 is 0 Å². The number of rotatable bonds is 7. The molecule has 1 aliphatic carbocycles. The lowest BCUT2D eigenvalue weighted by molar-refractivity contribution is 0.0828. The zero-order valence-electron chi connectivity index (χ0n) is 22.4. The zero-order valence-corrected chi connectivity index (χ0v) is 22.4. The van der Waals surface area contributed by atoms with Gasteiger partial charge in [0.15, 0.2) is 0 Å². The average Bonchev–Trinajstić information content (AvgIpc) is 3.36. The summed E-state index contributed by atoms with van der Waals surface area (Å²) in [5.74, 6) is 0.559. The van der Waals surface area contributed by atoms with Gasteiger partial charge < -0.3 is 20.5 Å². The molecule has 0 radical (unpaired) electrons. The Labute approximate surface area is 225 Å². The van der Waals surface area contributed by atoms with Crippen molar-refractivity contribution in [3.8, 4) is 11.1 Å². The van der Waals surface area contributed by atoms with Crippen LogP contribution in [0.4, 0.5) is 5.82 Å². The number of anilines is 1. The van der Waals surface area contributed by atoms with E-state index in [2.05, 4.69) is 92.5 Å². The molecular formula is C31H39N7.